The number of nitrogens with zero attached hydrogens (tertiary/aromatic N) is 1. The number of rotatable bonds is 3. The van der Waals surface area contributed by atoms with Crippen molar-refractivity contribution in [1.29, 1.82) is 0 Å². The van der Waals surface area contributed by atoms with E-state index in [0.29, 0.717) is 12.2 Å². The van der Waals surface area contributed by atoms with Crippen LogP contribution >= 0.6 is 11.6 Å². The summed E-state index contributed by atoms with van der Waals surface area (Å²) < 4.78 is 5.09. The van der Waals surface area contributed by atoms with Gasteiger partial charge in [0.1, 0.15) is 11.4 Å². The summed E-state index contributed by atoms with van der Waals surface area (Å²) in [6.45, 7) is 4.53. The van der Waals surface area contributed by atoms with E-state index in [1.54, 1.807) is 6.07 Å². The maximum Gasteiger partial charge on any atom is 0.409 e. The molecule has 110 valence electrons. The lowest BCUT2D eigenvalue weighted by molar-refractivity contribution is -0.0948. The van der Waals surface area contributed by atoms with E-state index < -0.39 is 11.7 Å². The van der Waals surface area contributed by atoms with E-state index in [0.717, 1.165) is 0 Å². The fourth-order valence-electron chi connectivity index (χ4n) is 2.10. The number of phenolic OH excluding ortho intramolecular Hbond substituents is 1. The van der Waals surface area contributed by atoms with Crippen molar-refractivity contribution in [3.05, 3.63) is 28.8 Å². The first-order chi connectivity index (χ1) is 9.32. The lowest BCUT2D eigenvalue weighted by atomic mass is 9.86. The van der Waals surface area contributed by atoms with E-state index in [1.807, 2.05) is 13.8 Å². The number of hydrogen-bond acceptors (Lipinski definition) is 4. The molecule has 0 atom stereocenters. The second-order valence-corrected chi connectivity index (χ2v) is 5.93. The van der Waals surface area contributed by atoms with E-state index in [1.165, 1.54) is 17.0 Å². The van der Waals surface area contributed by atoms with Gasteiger partial charge >= 0.3 is 6.09 Å². The molecule has 20 heavy (non-hydrogen) atoms. The molecule has 1 fully saturated rings. The molecule has 6 heteroatoms. The van der Waals surface area contributed by atoms with E-state index in [4.69, 9.17) is 16.3 Å². The van der Waals surface area contributed by atoms with Gasteiger partial charge in [-0.3, -0.25) is 0 Å². The smallest absolute Gasteiger partial charge is 0.409 e. The van der Waals surface area contributed by atoms with Gasteiger partial charge in [0.25, 0.3) is 0 Å². The Morgan fingerprint density at radius 3 is 2.70 bits per heavy atom. The molecule has 0 saturated carbocycles. The Hall–Kier alpha value is -1.46. The lowest BCUT2D eigenvalue weighted by Crippen LogP contribution is -2.61. The zero-order chi connectivity index (χ0) is 14.9. The highest BCUT2D eigenvalue weighted by Crippen LogP contribution is 2.37. The zero-order valence-corrected chi connectivity index (χ0v) is 12.2. The molecule has 1 aliphatic heterocycles. The summed E-state index contributed by atoms with van der Waals surface area (Å²) >= 11 is 6.00. The summed E-state index contributed by atoms with van der Waals surface area (Å²) in [6, 6.07) is 4.39. The normalized spacial score (nSPS) is 16.9. The number of β-amino-alcohol motifs (C(OH)–C–C–N with tert-alkyl or cyclic N) is 1. The second kappa shape index (κ2) is 5.50. The Morgan fingerprint density at radius 2 is 2.15 bits per heavy atom. The topological polar surface area (TPSA) is 70.0 Å². The highest BCUT2D eigenvalue weighted by atomic mass is 35.5. The van der Waals surface area contributed by atoms with Crippen molar-refractivity contribution in [2.45, 2.75) is 19.4 Å². The monoisotopic (exact) mass is 299 g/mol. The highest BCUT2D eigenvalue weighted by molar-refractivity contribution is 6.31. The molecular weight excluding hydrogens is 282 g/mol. The highest BCUT2D eigenvalue weighted by Gasteiger charge is 2.46. The quantitative estimate of drug-likeness (QED) is 0.899. The zero-order valence-electron chi connectivity index (χ0n) is 11.5. The summed E-state index contributed by atoms with van der Waals surface area (Å²) in [4.78, 5) is 13.1. The third-order valence-corrected chi connectivity index (χ3v) is 3.47. The summed E-state index contributed by atoms with van der Waals surface area (Å²) in [5, 5.41) is 20.0. The van der Waals surface area contributed by atoms with E-state index in [9.17, 15) is 15.0 Å². The van der Waals surface area contributed by atoms with Crippen molar-refractivity contribution < 1.29 is 19.7 Å². The van der Waals surface area contributed by atoms with Crippen LogP contribution in [-0.4, -0.2) is 40.9 Å². The van der Waals surface area contributed by atoms with Crippen LogP contribution in [-0.2, 0) is 10.3 Å². The van der Waals surface area contributed by atoms with Crippen LogP contribution in [0.1, 0.15) is 19.4 Å². The minimum atomic E-state index is -1.18. The van der Waals surface area contributed by atoms with Gasteiger partial charge < -0.3 is 19.8 Å². The standard InChI is InChI=1S/C14H18ClNO4/c1-9(2)6-20-13(18)16-7-14(19,8-16)11-4-3-10(17)5-12(11)15/h3-5,9,17,19H,6-8H2,1-2H3. The summed E-state index contributed by atoms with van der Waals surface area (Å²) in [5.74, 6) is 0.306. The molecule has 2 N–H and O–H groups in total. The van der Waals surface area contributed by atoms with Gasteiger partial charge in [0, 0.05) is 5.56 Å². The molecule has 1 saturated heterocycles. The number of phenols is 1. The van der Waals surface area contributed by atoms with Crippen molar-refractivity contribution >= 4 is 17.7 Å². The number of aliphatic hydroxyl groups is 1. The third kappa shape index (κ3) is 2.99. The first kappa shape index (κ1) is 14.9. The Kier molecular flexibility index (Phi) is 4.11. The summed E-state index contributed by atoms with van der Waals surface area (Å²) in [6.07, 6.45) is -0.432. The number of ether oxygens (including phenoxy) is 1. The third-order valence-electron chi connectivity index (χ3n) is 3.16. The molecule has 0 bridgehead atoms. The van der Waals surface area contributed by atoms with Gasteiger partial charge in [0.2, 0.25) is 0 Å². The largest absolute Gasteiger partial charge is 0.508 e. The van der Waals surface area contributed by atoms with E-state index in [2.05, 4.69) is 0 Å². The number of benzene rings is 1. The van der Waals surface area contributed by atoms with Crippen LogP contribution in [0.5, 0.6) is 5.75 Å². The molecule has 1 heterocycles. The van der Waals surface area contributed by atoms with Crippen molar-refractivity contribution in [1.82, 2.24) is 4.90 Å². The molecule has 0 unspecified atom stereocenters. The Balaban J connectivity index is 1.98. The molecule has 1 aromatic carbocycles. The van der Waals surface area contributed by atoms with Gasteiger partial charge in [-0.05, 0) is 18.1 Å². The van der Waals surface area contributed by atoms with Crippen LogP contribution in [0, 0.1) is 5.92 Å². The van der Waals surface area contributed by atoms with Gasteiger partial charge in [0.15, 0.2) is 0 Å². The van der Waals surface area contributed by atoms with Gasteiger partial charge in [-0.1, -0.05) is 31.5 Å². The number of carbonyl (C=O) groups excluding carboxylic acids is 1. The average molecular weight is 300 g/mol. The van der Waals surface area contributed by atoms with E-state index in [-0.39, 0.29) is 29.8 Å². The van der Waals surface area contributed by atoms with Crippen molar-refractivity contribution in [2.24, 2.45) is 5.92 Å². The molecule has 0 aromatic heterocycles. The molecule has 0 spiro atoms. The molecule has 0 aliphatic carbocycles. The van der Waals surface area contributed by atoms with Crippen LogP contribution in [0.2, 0.25) is 5.02 Å². The van der Waals surface area contributed by atoms with Gasteiger partial charge in [-0.2, -0.15) is 0 Å². The molecule has 1 amide bonds. The van der Waals surface area contributed by atoms with Crippen LogP contribution in [0.25, 0.3) is 0 Å². The number of hydrogen-bond donors (Lipinski definition) is 2. The summed E-state index contributed by atoms with van der Waals surface area (Å²) in [5.41, 5.74) is -0.674. The number of aromatic hydroxyl groups is 1. The Bertz CT molecular complexity index is 512. The van der Waals surface area contributed by atoms with Crippen LogP contribution < -0.4 is 0 Å². The molecule has 5 nitrogen and oxygen atoms in total. The number of amides is 1. The van der Waals surface area contributed by atoms with Crippen molar-refractivity contribution in [3.8, 4) is 5.75 Å². The first-order valence-electron chi connectivity index (χ1n) is 6.45. The predicted molar refractivity (Wildman–Crippen MR) is 74.8 cm³/mol. The van der Waals surface area contributed by atoms with Gasteiger partial charge in [-0.25, -0.2) is 4.79 Å². The van der Waals surface area contributed by atoms with Crippen LogP contribution in [0.4, 0.5) is 4.79 Å². The van der Waals surface area contributed by atoms with Crippen molar-refractivity contribution in [3.63, 3.8) is 0 Å². The van der Waals surface area contributed by atoms with Crippen LogP contribution in [0.15, 0.2) is 18.2 Å². The van der Waals surface area contributed by atoms with E-state index >= 15 is 0 Å². The molecule has 0 radical (unpaired) electrons. The van der Waals surface area contributed by atoms with Gasteiger partial charge in [0.05, 0.1) is 24.7 Å². The fraction of sp³-hybridized carbons (Fsp3) is 0.500. The van der Waals surface area contributed by atoms with Crippen LogP contribution in [0.3, 0.4) is 0 Å². The minimum Gasteiger partial charge on any atom is -0.508 e. The second-order valence-electron chi connectivity index (χ2n) is 5.52. The molecule has 1 aliphatic rings. The van der Waals surface area contributed by atoms with Crippen molar-refractivity contribution in [2.75, 3.05) is 19.7 Å². The molecular formula is C14H18ClNO4. The summed E-state index contributed by atoms with van der Waals surface area (Å²) in [7, 11) is 0. The lowest BCUT2D eigenvalue weighted by Gasteiger charge is -2.46. The predicted octanol–water partition coefficient (Wildman–Crippen LogP) is 2.34. The average Bonchev–Trinajstić information content (AvgIpc) is 2.32. The molecule has 1 aromatic rings. The van der Waals surface area contributed by atoms with Gasteiger partial charge in [-0.15, -0.1) is 0 Å². The SMILES string of the molecule is CC(C)COC(=O)N1CC(O)(c2ccc(O)cc2Cl)C1. The number of likely N-dealkylation sites (tertiary alicyclic amines) is 1. The number of halogens is 1. The number of carbonyl (C=O) groups is 1. The Labute approximate surface area is 122 Å². The Morgan fingerprint density at radius 1 is 1.50 bits per heavy atom. The molecule has 2 rings (SSSR count). The minimum absolute atomic E-state index is 0.0369. The fourth-order valence-corrected chi connectivity index (χ4v) is 2.45. The maximum absolute atomic E-state index is 11.7. The maximum atomic E-state index is 11.7. The first-order valence-corrected chi connectivity index (χ1v) is 6.83.